The maximum atomic E-state index is 12.8. The van der Waals surface area contributed by atoms with Gasteiger partial charge < -0.3 is 19.7 Å². The molecule has 0 radical (unpaired) electrons. The largest absolute Gasteiger partial charge is 0.449 e. The number of amides is 1. The number of hydrogen-bond acceptors (Lipinski definition) is 7. The molecule has 9 nitrogen and oxygen atoms in total. The zero-order valence-corrected chi connectivity index (χ0v) is 17.4. The van der Waals surface area contributed by atoms with Crippen molar-refractivity contribution in [2.45, 2.75) is 19.2 Å². The topological polar surface area (TPSA) is 111 Å². The monoisotopic (exact) mass is 467 g/mol. The van der Waals surface area contributed by atoms with Crippen molar-refractivity contribution in [1.82, 2.24) is 0 Å². The Kier molecular flexibility index (Phi) is 7.16. The van der Waals surface area contributed by atoms with Crippen molar-refractivity contribution >= 4 is 28.9 Å². The number of carbonyl (C=O) groups excluding carboxylic acids is 2. The molecule has 176 valence electrons. The number of ether oxygens (including phenoxy) is 2. The number of nitrogens with one attached hydrogen (secondary N) is 1. The minimum absolute atomic E-state index is 0.122. The van der Waals surface area contributed by atoms with Gasteiger partial charge >= 0.3 is 12.1 Å². The van der Waals surface area contributed by atoms with Gasteiger partial charge in [-0.2, -0.15) is 13.2 Å². The van der Waals surface area contributed by atoms with E-state index < -0.39 is 34.6 Å². The lowest BCUT2D eigenvalue weighted by atomic mass is 10.1. The molecule has 12 heteroatoms. The summed E-state index contributed by atoms with van der Waals surface area (Å²) < 4.78 is 48.8. The molecule has 1 saturated heterocycles. The third-order valence-corrected chi connectivity index (χ3v) is 4.87. The fourth-order valence-corrected chi connectivity index (χ4v) is 3.17. The van der Waals surface area contributed by atoms with Gasteiger partial charge in [0.2, 0.25) is 0 Å². The number of alkyl halides is 3. The molecule has 3 rings (SSSR count). The Balaban J connectivity index is 1.69. The van der Waals surface area contributed by atoms with Crippen molar-refractivity contribution in [2.24, 2.45) is 0 Å². The zero-order chi connectivity index (χ0) is 24.2. The first-order valence-electron chi connectivity index (χ1n) is 9.86. The highest BCUT2D eigenvalue weighted by atomic mass is 19.4. The first-order valence-corrected chi connectivity index (χ1v) is 9.86. The van der Waals surface area contributed by atoms with Gasteiger partial charge in [-0.05, 0) is 37.3 Å². The van der Waals surface area contributed by atoms with Gasteiger partial charge in [0.1, 0.15) is 5.69 Å². The molecule has 2 aromatic carbocycles. The van der Waals surface area contributed by atoms with Crippen LogP contribution >= 0.6 is 0 Å². The predicted molar refractivity (Wildman–Crippen MR) is 111 cm³/mol. The second-order valence-electron chi connectivity index (χ2n) is 7.18. The molecule has 33 heavy (non-hydrogen) atoms. The highest BCUT2D eigenvalue weighted by Crippen LogP contribution is 2.31. The Labute approximate surface area is 186 Å². The summed E-state index contributed by atoms with van der Waals surface area (Å²) >= 11 is 0. The normalized spacial score (nSPS) is 15.0. The predicted octanol–water partition coefficient (Wildman–Crippen LogP) is 3.63. The number of esters is 1. The molecule has 1 atom stereocenters. The summed E-state index contributed by atoms with van der Waals surface area (Å²) in [6, 6.07) is 7.82. The molecule has 1 N–H and O–H groups in total. The van der Waals surface area contributed by atoms with Crippen LogP contribution in [0.25, 0.3) is 0 Å². The number of nitro groups is 1. The summed E-state index contributed by atoms with van der Waals surface area (Å²) in [6.07, 6.45) is -5.95. The average Bonchev–Trinajstić information content (AvgIpc) is 2.78. The van der Waals surface area contributed by atoms with Crippen molar-refractivity contribution in [3.05, 3.63) is 63.7 Å². The first kappa shape index (κ1) is 24.0. The third kappa shape index (κ3) is 5.98. The van der Waals surface area contributed by atoms with Crippen LogP contribution in [0.2, 0.25) is 0 Å². The average molecular weight is 467 g/mol. The number of hydrogen-bond donors (Lipinski definition) is 1. The lowest BCUT2D eigenvalue weighted by Gasteiger charge is -2.28. The number of carbonyl (C=O) groups is 2. The summed E-state index contributed by atoms with van der Waals surface area (Å²) in [5.41, 5.74) is -1.18. The van der Waals surface area contributed by atoms with E-state index in [0.29, 0.717) is 32.0 Å². The molecule has 1 unspecified atom stereocenters. The van der Waals surface area contributed by atoms with Crippen LogP contribution < -0.4 is 10.2 Å². The lowest BCUT2D eigenvalue weighted by molar-refractivity contribution is -0.384. The van der Waals surface area contributed by atoms with Gasteiger partial charge in [0.05, 0.1) is 29.3 Å². The van der Waals surface area contributed by atoms with Crippen LogP contribution in [-0.2, 0) is 20.4 Å². The first-order chi connectivity index (χ1) is 15.6. The summed E-state index contributed by atoms with van der Waals surface area (Å²) in [7, 11) is 0. The SMILES string of the molecule is CC(OC(=O)c1ccc(N2CCOCC2)c([N+](=O)[O-])c1)C(=O)Nc1cccc(C(F)(F)F)c1. The van der Waals surface area contributed by atoms with Crippen molar-refractivity contribution in [3.63, 3.8) is 0 Å². The fourth-order valence-electron chi connectivity index (χ4n) is 3.17. The standard InChI is InChI=1S/C21H20F3N3O6/c1-13(19(28)25-16-4-2-3-15(12-16)21(22,23)24)33-20(29)14-5-6-17(18(11-14)27(30)31)26-7-9-32-10-8-26/h2-6,11-13H,7-10H2,1H3,(H,25,28). The van der Waals surface area contributed by atoms with Gasteiger partial charge in [0, 0.05) is 24.8 Å². The van der Waals surface area contributed by atoms with E-state index in [2.05, 4.69) is 5.32 Å². The van der Waals surface area contributed by atoms with Crippen molar-refractivity contribution < 1.29 is 37.2 Å². The maximum absolute atomic E-state index is 12.8. The van der Waals surface area contributed by atoms with Gasteiger partial charge in [0.15, 0.2) is 6.10 Å². The van der Waals surface area contributed by atoms with E-state index in [1.165, 1.54) is 25.1 Å². The Hall–Kier alpha value is -3.67. The van der Waals surface area contributed by atoms with Crippen LogP contribution in [0.1, 0.15) is 22.8 Å². The van der Waals surface area contributed by atoms with Gasteiger partial charge in [-0.25, -0.2) is 4.79 Å². The van der Waals surface area contributed by atoms with Crippen LogP contribution in [0.15, 0.2) is 42.5 Å². The lowest BCUT2D eigenvalue weighted by Crippen LogP contribution is -2.36. The molecule has 1 amide bonds. The molecular formula is C21H20F3N3O6. The smallest absolute Gasteiger partial charge is 0.416 e. The number of rotatable bonds is 6. The van der Waals surface area contributed by atoms with Crippen LogP contribution in [0.3, 0.4) is 0 Å². The molecule has 1 fully saturated rings. The molecule has 1 aliphatic rings. The zero-order valence-electron chi connectivity index (χ0n) is 17.4. The molecule has 2 aromatic rings. The number of anilines is 2. The minimum atomic E-state index is -4.58. The summed E-state index contributed by atoms with van der Waals surface area (Å²) in [5.74, 6) is -1.85. The van der Waals surface area contributed by atoms with Crippen LogP contribution in [0.4, 0.5) is 30.2 Å². The van der Waals surface area contributed by atoms with Crippen LogP contribution in [0.5, 0.6) is 0 Å². The highest BCUT2D eigenvalue weighted by Gasteiger charge is 2.31. The summed E-state index contributed by atoms with van der Waals surface area (Å²) in [6.45, 7) is 2.98. The fraction of sp³-hybridized carbons (Fsp3) is 0.333. The molecule has 0 aliphatic carbocycles. The molecule has 1 aliphatic heterocycles. The Morgan fingerprint density at radius 3 is 2.52 bits per heavy atom. The number of morpholine rings is 1. The van der Waals surface area contributed by atoms with E-state index in [0.717, 1.165) is 24.3 Å². The molecule has 0 spiro atoms. The van der Waals surface area contributed by atoms with Gasteiger partial charge in [-0.1, -0.05) is 6.07 Å². The number of nitrogens with zero attached hydrogens (tertiary/aromatic N) is 2. The van der Waals surface area contributed by atoms with Gasteiger partial charge in [0.25, 0.3) is 11.6 Å². The second-order valence-corrected chi connectivity index (χ2v) is 7.18. The Bertz CT molecular complexity index is 1050. The van der Waals surface area contributed by atoms with E-state index in [4.69, 9.17) is 9.47 Å². The molecule has 0 aromatic heterocycles. The number of nitro benzene ring substituents is 1. The van der Waals surface area contributed by atoms with Crippen molar-refractivity contribution in [1.29, 1.82) is 0 Å². The van der Waals surface area contributed by atoms with Crippen LogP contribution in [0, 0.1) is 10.1 Å². The molecule has 0 bridgehead atoms. The van der Waals surface area contributed by atoms with E-state index in [9.17, 15) is 32.9 Å². The van der Waals surface area contributed by atoms with E-state index in [-0.39, 0.29) is 16.9 Å². The Morgan fingerprint density at radius 1 is 1.18 bits per heavy atom. The van der Waals surface area contributed by atoms with Crippen LogP contribution in [-0.4, -0.2) is 49.2 Å². The van der Waals surface area contributed by atoms with Crippen molar-refractivity contribution in [3.8, 4) is 0 Å². The number of halogens is 3. The highest BCUT2D eigenvalue weighted by molar-refractivity contribution is 5.98. The second kappa shape index (κ2) is 9.86. The maximum Gasteiger partial charge on any atom is 0.416 e. The van der Waals surface area contributed by atoms with E-state index in [1.54, 1.807) is 4.90 Å². The third-order valence-electron chi connectivity index (χ3n) is 4.87. The summed E-state index contributed by atoms with van der Waals surface area (Å²) in [5, 5.41) is 13.8. The van der Waals surface area contributed by atoms with E-state index >= 15 is 0 Å². The minimum Gasteiger partial charge on any atom is -0.449 e. The molecule has 1 heterocycles. The molecular weight excluding hydrogens is 447 g/mol. The van der Waals surface area contributed by atoms with Gasteiger partial charge in [-0.3, -0.25) is 14.9 Å². The van der Waals surface area contributed by atoms with Crippen molar-refractivity contribution in [2.75, 3.05) is 36.5 Å². The molecule has 0 saturated carbocycles. The summed E-state index contributed by atoms with van der Waals surface area (Å²) in [4.78, 5) is 37.4. The Morgan fingerprint density at radius 2 is 1.88 bits per heavy atom. The number of benzene rings is 2. The quantitative estimate of drug-likeness (QED) is 0.392. The van der Waals surface area contributed by atoms with E-state index in [1.807, 2.05) is 0 Å². The van der Waals surface area contributed by atoms with Gasteiger partial charge in [-0.15, -0.1) is 0 Å².